The zero-order valence-electron chi connectivity index (χ0n) is 9.71. The molecule has 0 fully saturated rings. The number of nitrogens with one attached hydrogen (secondary N) is 1. The summed E-state index contributed by atoms with van der Waals surface area (Å²) in [5.41, 5.74) is 8.27. The van der Waals surface area contributed by atoms with Gasteiger partial charge in [0.25, 0.3) is 0 Å². The highest BCUT2D eigenvalue weighted by molar-refractivity contribution is 9.11. The Kier molecular flexibility index (Phi) is 4.14. The summed E-state index contributed by atoms with van der Waals surface area (Å²) in [5.74, 6) is 0.656. The molecule has 2 aromatic carbocycles. The molecule has 2 aromatic rings. The number of rotatable bonds is 3. The molecule has 0 atom stereocenters. The van der Waals surface area contributed by atoms with Crippen LogP contribution in [0.5, 0.6) is 5.75 Å². The number of ether oxygens (including phenoxy) is 1. The van der Waals surface area contributed by atoms with Gasteiger partial charge in [0.05, 0.1) is 18.5 Å². The standard InChI is InChI=1S/C13H12Br2N2O/c1-18-12-7-8(5-6-11(12)16)17-13-9(14)3-2-4-10(13)15/h2-7,17H,16H2,1H3. The molecule has 5 heteroatoms. The van der Waals surface area contributed by atoms with E-state index in [0.29, 0.717) is 11.4 Å². The van der Waals surface area contributed by atoms with Crippen LogP contribution in [0.15, 0.2) is 45.3 Å². The Hall–Kier alpha value is -1.20. The van der Waals surface area contributed by atoms with Crippen molar-refractivity contribution in [2.45, 2.75) is 0 Å². The van der Waals surface area contributed by atoms with Crippen molar-refractivity contribution in [2.24, 2.45) is 0 Å². The molecule has 94 valence electrons. The predicted octanol–water partition coefficient (Wildman–Crippen LogP) is 4.55. The van der Waals surface area contributed by atoms with E-state index in [2.05, 4.69) is 37.2 Å². The van der Waals surface area contributed by atoms with Crippen LogP contribution in [0.1, 0.15) is 0 Å². The van der Waals surface area contributed by atoms with Gasteiger partial charge in [-0.2, -0.15) is 0 Å². The van der Waals surface area contributed by atoms with Crippen molar-refractivity contribution < 1.29 is 4.74 Å². The van der Waals surface area contributed by atoms with E-state index in [-0.39, 0.29) is 0 Å². The Labute approximate surface area is 123 Å². The molecule has 3 nitrogen and oxygen atoms in total. The van der Waals surface area contributed by atoms with E-state index in [1.807, 2.05) is 36.4 Å². The summed E-state index contributed by atoms with van der Waals surface area (Å²) in [6, 6.07) is 11.5. The molecule has 0 radical (unpaired) electrons. The van der Waals surface area contributed by atoms with E-state index < -0.39 is 0 Å². The van der Waals surface area contributed by atoms with Crippen molar-refractivity contribution in [3.63, 3.8) is 0 Å². The summed E-state index contributed by atoms with van der Waals surface area (Å²) in [5, 5.41) is 3.31. The van der Waals surface area contributed by atoms with Crippen LogP contribution >= 0.6 is 31.9 Å². The summed E-state index contributed by atoms with van der Waals surface area (Å²) in [6.45, 7) is 0. The van der Waals surface area contributed by atoms with Crippen molar-refractivity contribution in [3.8, 4) is 5.75 Å². The Morgan fingerprint density at radius 2 is 1.78 bits per heavy atom. The van der Waals surface area contributed by atoms with Crippen LogP contribution in [0, 0.1) is 0 Å². The first-order chi connectivity index (χ1) is 8.61. The van der Waals surface area contributed by atoms with Crippen LogP contribution in [-0.4, -0.2) is 7.11 Å². The van der Waals surface area contributed by atoms with E-state index in [1.165, 1.54) is 0 Å². The average Bonchev–Trinajstić information content (AvgIpc) is 2.36. The fourth-order valence-corrected chi connectivity index (χ4v) is 2.75. The first-order valence-corrected chi connectivity index (χ1v) is 6.85. The summed E-state index contributed by atoms with van der Waals surface area (Å²) in [6.07, 6.45) is 0. The molecule has 0 saturated carbocycles. The van der Waals surface area contributed by atoms with E-state index in [0.717, 1.165) is 20.3 Å². The van der Waals surface area contributed by atoms with Gasteiger partial charge in [-0.05, 0) is 56.1 Å². The zero-order chi connectivity index (χ0) is 13.1. The van der Waals surface area contributed by atoms with Crippen LogP contribution in [0.2, 0.25) is 0 Å². The van der Waals surface area contributed by atoms with Crippen molar-refractivity contribution in [1.82, 2.24) is 0 Å². The topological polar surface area (TPSA) is 47.3 Å². The second-order valence-corrected chi connectivity index (χ2v) is 5.39. The third kappa shape index (κ3) is 2.79. The first-order valence-electron chi connectivity index (χ1n) is 5.26. The second kappa shape index (κ2) is 5.63. The third-order valence-electron chi connectivity index (χ3n) is 2.47. The van der Waals surface area contributed by atoms with Crippen molar-refractivity contribution in [1.29, 1.82) is 0 Å². The van der Waals surface area contributed by atoms with Gasteiger partial charge in [0.1, 0.15) is 5.75 Å². The molecule has 3 N–H and O–H groups in total. The molecule has 0 amide bonds. The van der Waals surface area contributed by atoms with E-state index in [9.17, 15) is 0 Å². The monoisotopic (exact) mass is 370 g/mol. The predicted molar refractivity (Wildman–Crippen MR) is 82.5 cm³/mol. The van der Waals surface area contributed by atoms with Gasteiger partial charge in [0.15, 0.2) is 0 Å². The van der Waals surface area contributed by atoms with Crippen LogP contribution in [0.4, 0.5) is 17.1 Å². The highest BCUT2D eigenvalue weighted by Gasteiger charge is 2.06. The van der Waals surface area contributed by atoms with Gasteiger partial charge < -0.3 is 15.8 Å². The number of hydrogen-bond acceptors (Lipinski definition) is 3. The largest absolute Gasteiger partial charge is 0.495 e. The number of anilines is 3. The molecule has 0 saturated heterocycles. The molecule has 0 aromatic heterocycles. The maximum Gasteiger partial charge on any atom is 0.143 e. The minimum Gasteiger partial charge on any atom is -0.495 e. The van der Waals surface area contributed by atoms with Crippen LogP contribution in [-0.2, 0) is 0 Å². The number of halogens is 2. The van der Waals surface area contributed by atoms with E-state index >= 15 is 0 Å². The Morgan fingerprint density at radius 3 is 2.39 bits per heavy atom. The number of methoxy groups -OCH3 is 1. The zero-order valence-corrected chi connectivity index (χ0v) is 12.9. The molecule has 0 spiro atoms. The maximum absolute atomic E-state index is 5.78. The minimum atomic E-state index is 0.620. The molecule has 0 unspecified atom stereocenters. The van der Waals surface area contributed by atoms with Gasteiger partial charge in [-0.15, -0.1) is 0 Å². The fourth-order valence-electron chi connectivity index (χ4n) is 1.55. The van der Waals surface area contributed by atoms with Crippen molar-refractivity contribution >= 4 is 48.9 Å². The summed E-state index contributed by atoms with van der Waals surface area (Å²) in [7, 11) is 1.60. The lowest BCUT2D eigenvalue weighted by Crippen LogP contribution is -1.96. The Bertz CT molecular complexity index is 553. The van der Waals surface area contributed by atoms with Gasteiger partial charge >= 0.3 is 0 Å². The smallest absolute Gasteiger partial charge is 0.143 e. The maximum atomic E-state index is 5.78. The molecule has 0 aliphatic heterocycles. The highest BCUT2D eigenvalue weighted by atomic mass is 79.9. The third-order valence-corrected chi connectivity index (χ3v) is 3.79. The normalized spacial score (nSPS) is 10.2. The first kappa shape index (κ1) is 13.2. The number of para-hydroxylation sites is 1. The molecule has 0 aliphatic carbocycles. The number of nitrogen functional groups attached to an aromatic ring is 1. The van der Waals surface area contributed by atoms with Gasteiger partial charge in [0, 0.05) is 20.7 Å². The van der Waals surface area contributed by atoms with Gasteiger partial charge in [-0.25, -0.2) is 0 Å². The fraction of sp³-hybridized carbons (Fsp3) is 0.0769. The summed E-state index contributed by atoms with van der Waals surface area (Å²) in [4.78, 5) is 0. The van der Waals surface area contributed by atoms with E-state index in [4.69, 9.17) is 10.5 Å². The quantitative estimate of drug-likeness (QED) is 0.778. The second-order valence-electron chi connectivity index (χ2n) is 3.68. The lowest BCUT2D eigenvalue weighted by atomic mass is 10.2. The molecular formula is C13H12Br2N2O. The van der Waals surface area contributed by atoms with Gasteiger partial charge in [-0.1, -0.05) is 6.07 Å². The van der Waals surface area contributed by atoms with Crippen LogP contribution in [0.25, 0.3) is 0 Å². The number of nitrogens with two attached hydrogens (primary N) is 1. The molecular weight excluding hydrogens is 360 g/mol. The van der Waals surface area contributed by atoms with Crippen LogP contribution < -0.4 is 15.8 Å². The Morgan fingerprint density at radius 1 is 1.11 bits per heavy atom. The average molecular weight is 372 g/mol. The molecule has 2 rings (SSSR count). The molecule has 0 aliphatic rings. The molecule has 18 heavy (non-hydrogen) atoms. The Balaban J connectivity index is 2.34. The number of benzene rings is 2. The van der Waals surface area contributed by atoms with Crippen LogP contribution in [0.3, 0.4) is 0 Å². The lowest BCUT2D eigenvalue weighted by molar-refractivity contribution is 0.417. The van der Waals surface area contributed by atoms with Crippen molar-refractivity contribution in [3.05, 3.63) is 45.3 Å². The minimum absolute atomic E-state index is 0.620. The lowest BCUT2D eigenvalue weighted by Gasteiger charge is -2.12. The highest BCUT2D eigenvalue weighted by Crippen LogP contribution is 2.34. The van der Waals surface area contributed by atoms with Gasteiger partial charge in [-0.3, -0.25) is 0 Å². The number of hydrogen-bond donors (Lipinski definition) is 2. The molecule has 0 heterocycles. The van der Waals surface area contributed by atoms with Gasteiger partial charge in [0.2, 0.25) is 0 Å². The summed E-state index contributed by atoms with van der Waals surface area (Å²) >= 11 is 7.01. The van der Waals surface area contributed by atoms with E-state index in [1.54, 1.807) is 7.11 Å². The van der Waals surface area contributed by atoms with Crippen molar-refractivity contribution in [2.75, 3.05) is 18.2 Å². The summed E-state index contributed by atoms with van der Waals surface area (Å²) < 4.78 is 7.15. The molecule has 0 bridgehead atoms. The SMILES string of the molecule is COc1cc(Nc2c(Br)cccc2Br)ccc1N.